The highest BCUT2D eigenvalue weighted by atomic mass is 32.2. The quantitative estimate of drug-likeness (QED) is 0.748. The van der Waals surface area contributed by atoms with Crippen molar-refractivity contribution < 1.29 is 18.3 Å². The maximum Gasteiger partial charge on any atom is 0.305 e. The average molecular weight is 316 g/mol. The van der Waals surface area contributed by atoms with Gasteiger partial charge in [-0.15, -0.1) is 0 Å². The van der Waals surface area contributed by atoms with Crippen LogP contribution in [0, 0.1) is 0 Å². The van der Waals surface area contributed by atoms with E-state index in [-0.39, 0.29) is 23.9 Å². The number of nitrogens with one attached hydrogen (secondary N) is 1. The van der Waals surface area contributed by atoms with Gasteiger partial charge >= 0.3 is 5.97 Å². The number of aryl methyl sites for hydroxylation is 1. The van der Waals surface area contributed by atoms with E-state index in [1.165, 1.54) is 17.1 Å². The number of carboxylic acid groups (broad SMARTS) is 1. The maximum atomic E-state index is 12.2. The molecule has 1 aliphatic heterocycles. The topological polar surface area (TPSA) is 105 Å². The first-order valence-corrected chi connectivity index (χ1v) is 8.30. The standard InChI is InChI=1S/C12H20N4O4S/c1-15-5-2-10(3-6-15)14-21(19,20)11-8-13-16(9-11)7-4-12(17)18/h8-10,14H,2-7H2,1H3,(H,17,18). The van der Waals surface area contributed by atoms with Gasteiger partial charge in [0.05, 0.1) is 19.2 Å². The Balaban J connectivity index is 1.97. The van der Waals surface area contributed by atoms with Gasteiger partial charge in [-0.1, -0.05) is 0 Å². The SMILES string of the molecule is CN1CCC(NS(=O)(=O)c2cnn(CCC(=O)O)c2)CC1. The van der Waals surface area contributed by atoms with Gasteiger partial charge in [0.25, 0.3) is 0 Å². The molecule has 0 atom stereocenters. The van der Waals surface area contributed by atoms with Gasteiger partial charge in [-0.25, -0.2) is 13.1 Å². The Labute approximate surface area is 123 Å². The zero-order valence-electron chi connectivity index (χ0n) is 11.9. The van der Waals surface area contributed by atoms with Crippen LogP contribution in [0.5, 0.6) is 0 Å². The smallest absolute Gasteiger partial charge is 0.305 e. The molecule has 21 heavy (non-hydrogen) atoms. The van der Waals surface area contributed by atoms with Crippen LogP contribution in [0.15, 0.2) is 17.3 Å². The molecular formula is C12H20N4O4S. The molecule has 0 spiro atoms. The summed E-state index contributed by atoms with van der Waals surface area (Å²) in [6.45, 7) is 1.88. The third-order valence-electron chi connectivity index (χ3n) is 3.52. The lowest BCUT2D eigenvalue weighted by molar-refractivity contribution is -0.137. The summed E-state index contributed by atoms with van der Waals surface area (Å²) in [6, 6.07) is -0.0615. The number of likely N-dealkylation sites (tertiary alicyclic amines) is 1. The molecule has 0 amide bonds. The van der Waals surface area contributed by atoms with Gasteiger partial charge in [0.15, 0.2) is 0 Å². The molecule has 2 heterocycles. The monoisotopic (exact) mass is 316 g/mol. The highest BCUT2D eigenvalue weighted by Crippen LogP contribution is 2.13. The molecule has 118 valence electrons. The minimum atomic E-state index is -3.59. The van der Waals surface area contributed by atoms with Crippen LogP contribution in [0.4, 0.5) is 0 Å². The van der Waals surface area contributed by atoms with Gasteiger partial charge in [-0.2, -0.15) is 5.10 Å². The molecule has 0 unspecified atom stereocenters. The minimum Gasteiger partial charge on any atom is -0.481 e. The number of hydrogen-bond donors (Lipinski definition) is 2. The first-order chi connectivity index (χ1) is 9.87. The molecule has 8 nitrogen and oxygen atoms in total. The summed E-state index contributed by atoms with van der Waals surface area (Å²) in [7, 11) is -1.58. The molecule has 1 fully saturated rings. The zero-order valence-corrected chi connectivity index (χ0v) is 12.7. The molecule has 1 saturated heterocycles. The van der Waals surface area contributed by atoms with Crippen molar-refractivity contribution in [3.05, 3.63) is 12.4 Å². The molecule has 0 bridgehead atoms. The molecule has 0 aliphatic carbocycles. The number of hydrogen-bond acceptors (Lipinski definition) is 5. The second-order valence-corrected chi connectivity index (χ2v) is 7.00. The second-order valence-electron chi connectivity index (χ2n) is 5.28. The van der Waals surface area contributed by atoms with Crippen LogP contribution in [-0.4, -0.2) is 60.4 Å². The Morgan fingerprint density at radius 1 is 1.48 bits per heavy atom. The van der Waals surface area contributed by atoms with Gasteiger partial charge < -0.3 is 10.0 Å². The van der Waals surface area contributed by atoms with Crippen molar-refractivity contribution in [3.8, 4) is 0 Å². The number of carbonyl (C=O) groups is 1. The maximum absolute atomic E-state index is 12.2. The Morgan fingerprint density at radius 3 is 2.76 bits per heavy atom. The Hall–Kier alpha value is -1.45. The number of rotatable bonds is 6. The lowest BCUT2D eigenvalue weighted by Gasteiger charge is -2.29. The first kappa shape index (κ1) is 15.9. The van der Waals surface area contributed by atoms with E-state index in [1.54, 1.807) is 0 Å². The van der Waals surface area contributed by atoms with E-state index in [9.17, 15) is 13.2 Å². The molecule has 0 radical (unpaired) electrons. The van der Waals surface area contributed by atoms with Crippen molar-refractivity contribution in [2.75, 3.05) is 20.1 Å². The molecule has 0 saturated carbocycles. The van der Waals surface area contributed by atoms with Crippen molar-refractivity contribution in [3.63, 3.8) is 0 Å². The van der Waals surface area contributed by atoms with E-state index < -0.39 is 16.0 Å². The highest BCUT2D eigenvalue weighted by molar-refractivity contribution is 7.89. The number of carboxylic acids is 1. The van der Waals surface area contributed by atoms with Gasteiger partial charge in [-0.3, -0.25) is 9.48 Å². The summed E-state index contributed by atoms with van der Waals surface area (Å²) in [5.74, 6) is -0.945. The fourth-order valence-electron chi connectivity index (χ4n) is 2.23. The van der Waals surface area contributed by atoms with Crippen molar-refractivity contribution >= 4 is 16.0 Å². The third kappa shape index (κ3) is 4.51. The molecular weight excluding hydrogens is 296 g/mol. The minimum absolute atomic E-state index is 0.0615. The van der Waals surface area contributed by atoms with Crippen molar-refractivity contribution in [1.82, 2.24) is 19.4 Å². The fraction of sp³-hybridized carbons (Fsp3) is 0.667. The predicted molar refractivity (Wildman–Crippen MR) is 75.3 cm³/mol. The van der Waals surface area contributed by atoms with Crippen LogP contribution in [0.25, 0.3) is 0 Å². The summed E-state index contributed by atoms with van der Waals surface area (Å²) in [6.07, 6.45) is 4.08. The molecule has 2 N–H and O–H groups in total. The van der Waals surface area contributed by atoms with E-state index in [1.807, 2.05) is 7.05 Å². The van der Waals surface area contributed by atoms with Crippen LogP contribution in [-0.2, 0) is 21.4 Å². The van der Waals surface area contributed by atoms with Crippen LogP contribution in [0.1, 0.15) is 19.3 Å². The van der Waals surface area contributed by atoms with Crippen molar-refractivity contribution in [1.29, 1.82) is 0 Å². The van der Waals surface area contributed by atoms with E-state index in [0.717, 1.165) is 25.9 Å². The Bertz CT molecular complexity index is 590. The summed E-state index contributed by atoms with van der Waals surface area (Å²) >= 11 is 0. The van der Waals surface area contributed by atoms with Gasteiger partial charge in [-0.05, 0) is 33.0 Å². The van der Waals surface area contributed by atoms with E-state index >= 15 is 0 Å². The second kappa shape index (κ2) is 6.54. The van der Waals surface area contributed by atoms with Crippen molar-refractivity contribution in [2.24, 2.45) is 0 Å². The van der Waals surface area contributed by atoms with Crippen LogP contribution >= 0.6 is 0 Å². The summed E-state index contributed by atoms with van der Waals surface area (Å²) < 4.78 is 28.5. The summed E-state index contributed by atoms with van der Waals surface area (Å²) in [4.78, 5) is 12.7. The summed E-state index contributed by atoms with van der Waals surface area (Å²) in [5.41, 5.74) is 0. The fourth-order valence-corrected chi connectivity index (χ4v) is 3.49. The van der Waals surface area contributed by atoms with E-state index in [2.05, 4.69) is 14.7 Å². The zero-order chi connectivity index (χ0) is 15.5. The Kier molecular flexibility index (Phi) is 4.96. The van der Waals surface area contributed by atoms with E-state index in [0.29, 0.717) is 0 Å². The molecule has 2 rings (SSSR count). The average Bonchev–Trinajstić information content (AvgIpc) is 2.88. The van der Waals surface area contributed by atoms with E-state index in [4.69, 9.17) is 5.11 Å². The highest BCUT2D eigenvalue weighted by Gasteiger charge is 2.24. The number of sulfonamides is 1. The first-order valence-electron chi connectivity index (χ1n) is 6.82. The normalized spacial score (nSPS) is 18.0. The van der Waals surface area contributed by atoms with Gasteiger partial charge in [0, 0.05) is 12.2 Å². The molecule has 1 aromatic heterocycles. The molecule has 9 heteroatoms. The largest absolute Gasteiger partial charge is 0.481 e. The molecule has 0 aromatic carbocycles. The van der Waals surface area contributed by atoms with Gasteiger partial charge in [0.2, 0.25) is 10.0 Å². The number of nitrogens with zero attached hydrogens (tertiary/aromatic N) is 3. The predicted octanol–water partition coefficient (Wildman–Crippen LogP) is -0.270. The molecule has 1 aliphatic rings. The molecule has 1 aromatic rings. The van der Waals surface area contributed by atoms with Crippen LogP contribution in [0.2, 0.25) is 0 Å². The van der Waals surface area contributed by atoms with Crippen LogP contribution in [0.3, 0.4) is 0 Å². The van der Waals surface area contributed by atoms with Gasteiger partial charge in [0.1, 0.15) is 4.90 Å². The number of aliphatic carboxylic acids is 1. The Morgan fingerprint density at radius 2 is 2.14 bits per heavy atom. The summed E-state index contributed by atoms with van der Waals surface area (Å²) in [5, 5.41) is 12.5. The third-order valence-corrected chi connectivity index (χ3v) is 4.99. The van der Waals surface area contributed by atoms with Crippen molar-refractivity contribution in [2.45, 2.75) is 36.7 Å². The van der Waals surface area contributed by atoms with Crippen LogP contribution < -0.4 is 4.72 Å². The number of piperidine rings is 1. The number of aromatic nitrogens is 2. The lowest BCUT2D eigenvalue weighted by atomic mass is 10.1. The lowest BCUT2D eigenvalue weighted by Crippen LogP contribution is -2.43.